The minimum Gasteiger partial charge on any atom is -0.463 e. The van der Waals surface area contributed by atoms with Crippen LogP contribution in [0.1, 0.15) is 26.7 Å². The highest BCUT2D eigenvalue weighted by Crippen LogP contribution is 2.15. The Bertz CT molecular complexity index is 464. The zero-order chi connectivity index (χ0) is 15.0. The number of carbonyl (C=O) groups excluding carboxylic acids is 2. The smallest absolute Gasteiger partial charge is 0.412 e. The fourth-order valence-electron chi connectivity index (χ4n) is 1.36. The number of esters is 1. The lowest BCUT2D eigenvalue weighted by molar-refractivity contribution is -0.152. The Labute approximate surface area is 123 Å². The third kappa shape index (κ3) is 5.93. The molecule has 1 rings (SSSR count). The Morgan fingerprint density at radius 1 is 1.40 bits per heavy atom. The number of rotatable bonds is 6. The van der Waals surface area contributed by atoms with Crippen LogP contribution in [-0.4, -0.2) is 24.8 Å². The van der Waals surface area contributed by atoms with Gasteiger partial charge in [0.05, 0.1) is 6.61 Å². The molecule has 0 saturated carbocycles. The minimum atomic E-state index is -0.953. The van der Waals surface area contributed by atoms with Crippen molar-refractivity contribution in [3.05, 3.63) is 29.3 Å². The highest BCUT2D eigenvalue weighted by atomic mass is 35.5. The van der Waals surface area contributed by atoms with Crippen molar-refractivity contribution >= 4 is 29.4 Å². The van der Waals surface area contributed by atoms with E-state index in [1.807, 2.05) is 6.92 Å². The van der Waals surface area contributed by atoms with Crippen LogP contribution in [-0.2, 0) is 14.3 Å². The molecular formula is C14H18ClNO4. The van der Waals surface area contributed by atoms with Gasteiger partial charge in [-0.15, -0.1) is 0 Å². The second-order valence-corrected chi connectivity index (χ2v) is 4.64. The summed E-state index contributed by atoms with van der Waals surface area (Å²) in [5.74, 6) is -0.556. The van der Waals surface area contributed by atoms with Crippen molar-refractivity contribution < 1.29 is 19.1 Å². The largest absolute Gasteiger partial charge is 0.463 e. The lowest BCUT2D eigenvalue weighted by Crippen LogP contribution is -2.28. The Balaban J connectivity index is 2.39. The van der Waals surface area contributed by atoms with Gasteiger partial charge in [0.1, 0.15) is 0 Å². The number of anilines is 1. The van der Waals surface area contributed by atoms with Crippen molar-refractivity contribution in [2.45, 2.75) is 32.8 Å². The van der Waals surface area contributed by atoms with E-state index in [4.69, 9.17) is 21.1 Å². The van der Waals surface area contributed by atoms with Crippen LogP contribution in [0.15, 0.2) is 24.3 Å². The van der Waals surface area contributed by atoms with E-state index in [1.54, 1.807) is 24.3 Å². The molecule has 6 heteroatoms. The summed E-state index contributed by atoms with van der Waals surface area (Å²) in [6.45, 7) is 3.79. The van der Waals surface area contributed by atoms with Crippen LogP contribution in [0.25, 0.3) is 0 Å². The number of hydrogen-bond acceptors (Lipinski definition) is 4. The molecule has 0 saturated heterocycles. The number of amides is 1. The molecule has 0 aliphatic carbocycles. The minimum absolute atomic E-state index is 0.332. The van der Waals surface area contributed by atoms with Gasteiger partial charge in [-0.2, -0.15) is 0 Å². The maximum Gasteiger partial charge on any atom is 0.412 e. The van der Waals surface area contributed by atoms with Crippen molar-refractivity contribution in [1.29, 1.82) is 0 Å². The second kappa shape index (κ2) is 8.43. The van der Waals surface area contributed by atoms with Gasteiger partial charge in [0, 0.05) is 10.7 Å². The van der Waals surface area contributed by atoms with Gasteiger partial charge >= 0.3 is 12.1 Å². The van der Waals surface area contributed by atoms with Crippen LogP contribution in [0.4, 0.5) is 10.5 Å². The molecule has 0 bridgehead atoms. The van der Waals surface area contributed by atoms with Gasteiger partial charge in [-0.05, 0) is 31.5 Å². The number of carbonyl (C=O) groups is 2. The summed E-state index contributed by atoms with van der Waals surface area (Å²) in [6, 6.07) is 6.62. The molecule has 0 aliphatic heterocycles. The third-order valence-corrected chi connectivity index (χ3v) is 2.66. The first kappa shape index (κ1) is 16.3. The summed E-state index contributed by atoms with van der Waals surface area (Å²) in [5.41, 5.74) is 0.494. The average molecular weight is 300 g/mol. The lowest BCUT2D eigenvalue weighted by atomic mass is 10.3. The molecule has 0 radical (unpaired) electrons. The third-order valence-electron chi connectivity index (χ3n) is 2.43. The molecule has 1 amide bonds. The Morgan fingerprint density at radius 2 is 2.15 bits per heavy atom. The van der Waals surface area contributed by atoms with Crippen LogP contribution in [0, 0.1) is 0 Å². The standard InChI is InChI=1S/C14H18ClNO4/c1-3-4-8-19-13(17)10(2)20-14(18)16-12-7-5-6-11(15)9-12/h5-7,9-10H,3-4,8H2,1-2H3,(H,16,18)/t10-/m1/s1. The van der Waals surface area contributed by atoms with Crippen molar-refractivity contribution in [1.82, 2.24) is 0 Å². The van der Waals surface area contributed by atoms with Gasteiger partial charge < -0.3 is 9.47 Å². The zero-order valence-electron chi connectivity index (χ0n) is 11.5. The summed E-state index contributed by atoms with van der Waals surface area (Å²) in [4.78, 5) is 23.1. The Hall–Kier alpha value is -1.75. The van der Waals surface area contributed by atoms with E-state index < -0.39 is 18.2 Å². The summed E-state index contributed by atoms with van der Waals surface area (Å²) in [5, 5.41) is 2.98. The topological polar surface area (TPSA) is 64.6 Å². The fraction of sp³-hybridized carbons (Fsp3) is 0.429. The molecule has 1 aromatic rings. The number of hydrogen-bond donors (Lipinski definition) is 1. The fourth-order valence-corrected chi connectivity index (χ4v) is 1.55. The number of unbranched alkanes of at least 4 members (excludes halogenated alkanes) is 1. The molecule has 0 aliphatic rings. The number of halogens is 1. The van der Waals surface area contributed by atoms with Crippen molar-refractivity contribution in [3.8, 4) is 0 Å². The lowest BCUT2D eigenvalue weighted by Gasteiger charge is -2.13. The molecule has 1 aromatic carbocycles. The second-order valence-electron chi connectivity index (χ2n) is 4.20. The predicted octanol–water partition coefficient (Wildman–Crippen LogP) is 3.62. The molecule has 5 nitrogen and oxygen atoms in total. The summed E-state index contributed by atoms with van der Waals surface area (Å²) in [7, 11) is 0. The number of nitrogens with one attached hydrogen (secondary N) is 1. The highest BCUT2D eigenvalue weighted by Gasteiger charge is 2.19. The van der Waals surface area contributed by atoms with E-state index in [0.29, 0.717) is 17.3 Å². The molecule has 110 valence electrons. The van der Waals surface area contributed by atoms with Gasteiger partial charge in [0.25, 0.3) is 0 Å². The molecule has 20 heavy (non-hydrogen) atoms. The maximum absolute atomic E-state index is 11.6. The van der Waals surface area contributed by atoms with Crippen LogP contribution in [0.2, 0.25) is 5.02 Å². The van der Waals surface area contributed by atoms with Gasteiger partial charge in [0.2, 0.25) is 0 Å². The number of benzene rings is 1. The average Bonchev–Trinajstić information content (AvgIpc) is 2.38. The van der Waals surface area contributed by atoms with E-state index in [-0.39, 0.29) is 0 Å². The summed E-state index contributed by atoms with van der Waals surface area (Å²) >= 11 is 5.79. The normalized spacial score (nSPS) is 11.6. The summed E-state index contributed by atoms with van der Waals surface area (Å²) < 4.78 is 9.87. The van der Waals surface area contributed by atoms with Crippen LogP contribution in [0.3, 0.4) is 0 Å². The number of ether oxygens (including phenoxy) is 2. The van der Waals surface area contributed by atoms with E-state index in [2.05, 4.69) is 5.32 Å². The molecule has 0 aromatic heterocycles. The van der Waals surface area contributed by atoms with E-state index in [9.17, 15) is 9.59 Å². The van der Waals surface area contributed by atoms with Crippen LogP contribution < -0.4 is 5.32 Å². The van der Waals surface area contributed by atoms with Crippen LogP contribution >= 0.6 is 11.6 Å². The first-order valence-electron chi connectivity index (χ1n) is 6.42. The predicted molar refractivity (Wildman–Crippen MR) is 76.9 cm³/mol. The van der Waals surface area contributed by atoms with E-state index >= 15 is 0 Å². The first-order chi connectivity index (χ1) is 9.52. The maximum atomic E-state index is 11.6. The van der Waals surface area contributed by atoms with E-state index in [1.165, 1.54) is 6.92 Å². The summed E-state index contributed by atoms with van der Waals surface area (Å²) in [6.07, 6.45) is 0.0311. The van der Waals surface area contributed by atoms with Gasteiger partial charge in [-0.25, -0.2) is 9.59 Å². The SMILES string of the molecule is CCCCOC(=O)[C@@H](C)OC(=O)Nc1cccc(Cl)c1. The molecule has 1 N–H and O–H groups in total. The Kier molecular flexibility index (Phi) is 6.87. The molecule has 0 spiro atoms. The molecule has 0 heterocycles. The molecule has 0 fully saturated rings. The first-order valence-corrected chi connectivity index (χ1v) is 6.80. The Morgan fingerprint density at radius 3 is 2.80 bits per heavy atom. The van der Waals surface area contributed by atoms with Crippen molar-refractivity contribution in [2.75, 3.05) is 11.9 Å². The van der Waals surface area contributed by atoms with Crippen molar-refractivity contribution in [2.24, 2.45) is 0 Å². The van der Waals surface area contributed by atoms with Gasteiger partial charge in [0.15, 0.2) is 6.10 Å². The van der Waals surface area contributed by atoms with E-state index in [0.717, 1.165) is 12.8 Å². The molecule has 0 unspecified atom stereocenters. The quantitative estimate of drug-likeness (QED) is 0.643. The van der Waals surface area contributed by atoms with Gasteiger partial charge in [-0.1, -0.05) is 31.0 Å². The van der Waals surface area contributed by atoms with Crippen LogP contribution in [0.5, 0.6) is 0 Å². The van der Waals surface area contributed by atoms with Gasteiger partial charge in [-0.3, -0.25) is 5.32 Å². The monoisotopic (exact) mass is 299 g/mol. The zero-order valence-corrected chi connectivity index (χ0v) is 12.3. The van der Waals surface area contributed by atoms with Crippen molar-refractivity contribution in [3.63, 3.8) is 0 Å². The molecular weight excluding hydrogens is 282 g/mol. The molecule has 1 atom stereocenters. The highest BCUT2D eigenvalue weighted by molar-refractivity contribution is 6.30.